The summed E-state index contributed by atoms with van der Waals surface area (Å²) in [6.07, 6.45) is 0. The van der Waals surface area contributed by atoms with Gasteiger partial charge in [0.2, 0.25) is 11.8 Å². The Labute approximate surface area is 249 Å². The third-order valence-electron chi connectivity index (χ3n) is 6.69. The van der Waals surface area contributed by atoms with E-state index in [1.54, 1.807) is 62.6 Å². The van der Waals surface area contributed by atoms with Gasteiger partial charge in [-0.15, -0.1) is 0 Å². The number of rotatable bonds is 14. The fourth-order valence-electron chi connectivity index (χ4n) is 4.20. The van der Waals surface area contributed by atoms with Crippen LogP contribution in [0.15, 0.2) is 77.7 Å². The Bertz CT molecular complexity index is 1420. The van der Waals surface area contributed by atoms with Crippen LogP contribution >= 0.6 is 0 Å². The highest BCUT2D eigenvalue weighted by atomic mass is 32.2. The van der Waals surface area contributed by atoms with Crippen LogP contribution < -0.4 is 19.1 Å². The Balaban J connectivity index is 2.00. The van der Waals surface area contributed by atoms with Crippen molar-refractivity contribution in [2.75, 3.05) is 31.1 Å². The Morgan fingerprint density at radius 3 is 2.02 bits per heavy atom. The lowest BCUT2D eigenvalue weighted by Gasteiger charge is -2.32. The first kappa shape index (κ1) is 32.5. The summed E-state index contributed by atoms with van der Waals surface area (Å²) < 4.78 is 39.8. The van der Waals surface area contributed by atoms with Crippen molar-refractivity contribution in [3.05, 3.63) is 83.9 Å². The molecule has 42 heavy (non-hydrogen) atoms. The molecule has 1 atom stereocenters. The quantitative estimate of drug-likeness (QED) is 0.288. The number of carbonyl (C=O) groups excluding carboxylic acids is 2. The van der Waals surface area contributed by atoms with E-state index in [1.165, 1.54) is 17.0 Å². The third-order valence-corrected chi connectivity index (χ3v) is 8.48. The highest BCUT2D eigenvalue weighted by molar-refractivity contribution is 7.92. The molecule has 9 nitrogen and oxygen atoms in total. The molecule has 0 bridgehead atoms. The zero-order chi connectivity index (χ0) is 30.9. The van der Waals surface area contributed by atoms with E-state index in [1.807, 2.05) is 39.8 Å². The molecule has 0 aliphatic rings. The van der Waals surface area contributed by atoms with Gasteiger partial charge in [-0.1, -0.05) is 43.7 Å². The molecule has 0 aromatic heterocycles. The Kier molecular flexibility index (Phi) is 11.4. The molecule has 0 aliphatic heterocycles. The van der Waals surface area contributed by atoms with Crippen LogP contribution in [-0.4, -0.2) is 58.0 Å². The Hall–Kier alpha value is -4.05. The molecule has 0 unspecified atom stereocenters. The second-order valence-electron chi connectivity index (χ2n) is 10.4. The summed E-state index contributed by atoms with van der Waals surface area (Å²) in [6.45, 7) is 9.85. The molecule has 0 spiro atoms. The minimum Gasteiger partial charge on any atom is -0.497 e. The summed E-state index contributed by atoms with van der Waals surface area (Å²) in [4.78, 5) is 28.6. The van der Waals surface area contributed by atoms with Crippen molar-refractivity contribution in [1.29, 1.82) is 0 Å². The van der Waals surface area contributed by atoms with Crippen molar-refractivity contribution in [2.45, 2.75) is 52.1 Å². The predicted octanol–water partition coefficient (Wildman–Crippen LogP) is 4.79. The molecule has 0 aliphatic carbocycles. The van der Waals surface area contributed by atoms with Gasteiger partial charge in [-0.2, -0.15) is 0 Å². The smallest absolute Gasteiger partial charge is 0.264 e. The van der Waals surface area contributed by atoms with Gasteiger partial charge in [0, 0.05) is 13.1 Å². The van der Waals surface area contributed by atoms with Crippen LogP contribution in [0, 0.1) is 12.8 Å². The van der Waals surface area contributed by atoms with Crippen molar-refractivity contribution >= 4 is 27.5 Å². The number of aryl methyl sites for hydroxylation is 1. The third kappa shape index (κ3) is 8.48. The van der Waals surface area contributed by atoms with E-state index in [-0.39, 0.29) is 23.3 Å². The molecule has 0 saturated heterocycles. The van der Waals surface area contributed by atoms with Crippen LogP contribution in [-0.2, 0) is 26.2 Å². The van der Waals surface area contributed by atoms with Gasteiger partial charge < -0.3 is 19.7 Å². The fourth-order valence-corrected chi connectivity index (χ4v) is 5.62. The summed E-state index contributed by atoms with van der Waals surface area (Å²) in [5, 5.41) is 2.89. The first-order chi connectivity index (χ1) is 20.0. The molecule has 226 valence electrons. The molecule has 2 amide bonds. The van der Waals surface area contributed by atoms with Gasteiger partial charge in [0.25, 0.3) is 10.0 Å². The lowest BCUT2D eigenvalue weighted by molar-refractivity contribution is -0.139. The number of amides is 2. The van der Waals surface area contributed by atoms with E-state index in [0.717, 1.165) is 15.4 Å². The van der Waals surface area contributed by atoms with Gasteiger partial charge in [-0.05, 0) is 80.8 Å². The summed E-state index contributed by atoms with van der Waals surface area (Å²) in [6, 6.07) is 19.3. The van der Waals surface area contributed by atoms with Gasteiger partial charge in [-0.25, -0.2) is 8.42 Å². The summed E-state index contributed by atoms with van der Waals surface area (Å²) in [7, 11) is -2.60. The lowest BCUT2D eigenvalue weighted by Crippen LogP contribution is -2.51. The van der Waals surface area contributed by atoms with E-state index in [2.05, 4.69) is 5.32 Å². The Morgan fingerprint density at radius 2 is 1.48 bits per heavy atom. The molecule has 3 aromatic rings. The largest absolute Gasteiger partial charge is 0.497 e. The minimum absolute atomic E-state index is 0.0174. The number of methoxy groups -OCH3 is 1. The van der Waals surface area contributed by atoms with E-state index >= 15 is 0 Å². The van der Waals surface area contributed by atoms with Crippen molar-refractivity contribution in [1.82, 2.24) is 10.2 Å². The molecule has 3 rings (SSSR count). The number of hydrogen-bond donors (Lipinski definition) is 1. The van der Waals surface area contributed by atoms with Crippen molar-refractivity contribution < 1.29 is 27.5 Å². The predicted molar refractivity (Wildman–Crippen MR) is 164 cm³/mol. The number of ether oxygens (including phenoxy) is 2. The fraction of sp³-hybridized carbons (Fsp3) is 0.375. The summed E-state index contributed by atoms with van der Waals surface area (Å²) >= 11 is 0. The lowest BCUT2D eigenvalue weighted by atomic mass is 10.1. The van der Waals surface area contributed by atoms with E-state index in [4.69, 9.17) is 9.47 Å². The number of anilines is 1. The van der Waals surface area contributed by atoms with Gasteiger partial charge in [0.05, 0.1) is 24.3 Å². The molecule has 0 radical (unpaired) electrons. The highest BCUT2D eigenvalue weighted by Crippen LogP contribution is 2.26. The molecular weight excluding hydrogens is 554 g/mol. The second kappa shape index (κ2) is 14.7. The average molecular weight is 596 g/mol. The highest BCUT2D eigenvalue weighted by Gasteiger charge is 2.32. The van der Waals surface area contributed by atoms with Crippen LogP contribution in [0.5, 0.6) is 11.5 Å². The first-order valence-electron chi connectivity index (χ1n) is 14.0. The van der Waals surface area contributed by atoms with Crippen molar-refractivity contribution in [3.63, 3.8) is 0 Å². The van der Waals surface area contributed by atoms with Gasteiger partial charge in [0.15, 0.2) is 0 Å². The number of hydrogen-bond acceptors (Lipinski definition) is 6. The SMILES string of the molecule is CCOc1ccc(S(=O)(=O)N(CC(=O)N(Cc2ccc(OC)cc2)[C@H](C)C(=O)NCC(C)C)c2ccc(C)cc2)cc1. The molecule has 10 heteroatoms. The van der Waals surface area contributed by atoms with Gasteiger partial charge in [-0.3, -0.25) is 13.9 Å². The topological polar surface area (TPSA) is 105 Å². The van der Waals surface area contributed by atoms with Crippen LogP contribution in [0.3, 0.4) is 0 Å². The monoisotopic (exact) mass is 595 g/mol. The molecule has 0 heterocycles. The standard InChI is InChI=1S/C32H41N3O6S/c1-7-41-29-16-18-30(19-17-29)42(38,39)35(27-12-8-24(4)9-13-27)22-31(36)34(25(5)32(37)33-20-23(2)3)21-26-10-14-28(40-6)15-11-26/h8-19,23,25H,7,20-22H2,1-6H3,(H,33,37)/t25-/m1/s1. The number of nitrogens with one attached hydrogen (secondary N) is 1. The molecule has 1 N–H and O–H groups in total. The van der Waals surface area contributed by atoms with Crippen molar-refractivity contribution in [3.8, 4) is 11.5 Å². The molecular formula is C32H41N3O6S. The molecule has 0 fully saturated rings. The molecule has 0 saturated carbocycles. The van der Waals surface area contributed by atoms with E-state index < -0.39 is 28.5 Å². The maximum atomic E-state index is 14.0. The van der Waals surface area contributed by atoms with Gasteiger partial charge >= 0.3 is 0 Å². The second-order valence-corrected chi connectivity index (χ2v) is 12.3. The Morgan fingerprint density at radius 1 is 0.881 bits per heavy atom. The molecule has 3 aromatic carbocycles. The van der Waals surface area contributed by atoms with Crippen LogP contribution in [0.2, 0.25) is 0 Å². The van der Waals surface area contributed by atoms with Crippen LogP contribution in [0.1, 0.15) is 38.8 Å². The summed E-state index contributed by atoms with van der Waals surface area (Å²) in [5.74, 6) is 0.589. The number of benzene rings is 3. The number of sulfonamides is 1. The number of carbonyl (C=O) groups is 2. The number of nitrogens with zero attached hydrogens (tertiary/aromatic N) is 2. The first-order valence-corrected chi connectivity index (χ1v) is 15.4. The zero-order valence-corrected chi connectivity index (χ0v) is 26.0. The summed E-state index contributed by atoms with van der Waals surface area (Å²) in [5.41, 5.74) is 2.05. The maximum Gasteiger partial charge on any atom is 0.264 e. The minimum atomic E-state index is -4.16. The van der Waals surface area contributed by atoms with Crippen LogP contribution in [0.25, 0.3) is 0 Å². The average Bonchev–Trinajstić information content (AvgIpc) is 2.98. The maximum absolute atomic E-state index is 14.0. The zero-order valence-electron chi connectivity index (χ0n) is 25.2. The van der Waals surface area contributed by atoms with Crippen molar-refractivity contribution in [2.24, 2.45) is 5.92 Å². The van der Waals surface area contributed by atoms with Crippen LogP contribution in [0.4, 0.5) is 5.69 Å². The van der Waals surface area contributed by atoms with E-state index in [0.29, 0.717) is 30.3 Å². The van der Waals surface area contributed by atoms with E-state index in [9.17, 15) is 18.0 Å². The normalized spacial score (nSPS) is 12.0. The van der Waals surface area contributed by atoms with Gasteiger partial charge in [0.1, 0.15) is 24.1 Å².